The van der Waals surface area contributed by atoms with Crippen molar-refractivity contribution in [2.24, 2.45) is 5.92 Å². The Kier molecular flexibility index (Phi) is 5.71. The van der Waals surface area contributed by atoms with Crippen LogP contribution in [0.25, 0.3) is 10.8 Å². The summed E-state index contributed by atoms with van der Waals surface area (Å²) in [6.07, 6.45) is 1.16. The molecule has 0 bridgehead atoms. The van der Waals surface area contributed by atoms with E-state index in [0.717, 1.165) is 11.3 Å². The quantitative estimate of drug-likeness (QED) is 0.617. The zero-order valence-corrected chi connectivity index (χ0v) is 16.2. The molecule has 0 aliphatic carbocycles. The van der Waals surface area contributed by atoms with E-state index in [1.54, 1.807) is 22.7 Å². The van der Waals surface area contributed by atoms with E-state index in [1.165, 1.54) is 4.88 Å². The second-order valence-corrected chi connectivity index (χ2v) is 8.37. The van der Waals surface area contributed by atoms with Crippen molar-refractivity contribution in [1.29, 1.82) is 0 Å². The van der Waals surface area contributed by atoms with Gasteiger partial charge in [-0.1, -0.05) is 26.0 Å². The maximum atomic E-state index is 12.6. The first-order valence-electron chi connectivity index (χ1n) is 8.36. The van der Waals surface area contributed by atoms with Gasteiger partial charge in [0.05, 0.1) is 23.0 Å². The fourth-order valence-electron chi connectivity index (χ4n) is 2.70. The van der Waals surface area contributed by atoms with Crippen molar-refractivity contribution in [3.05, 3.63) is 51.4 Å². The molecule has 0 fully saturated rings. The highest BCUT2D eigenvalue weighted by atomic mass is 32.1. The average molecular weight is 375 g/mol. The highest BCUT2D eigenvalue weighted by Crippen LogP contribution is 2.27. The smallest absolute Gasteiger partial charge is 0.236 e. The number of hydrogen-bond donors (Lipinski definition) is 1. The molecule has 1 N–H and O–H groups in total. The normalized spacial score (nSPS) is 12.5. The molecular weight excluding hydrogens is 352 g/mol. The summed E-state index contributed by atoms with van der Waals surface area (Å²) in [5.74, 6) is 1.78. The Morgan fingerprint density at radius 1 is 1.24 bits per heavy atom. The van der Waals surface area contributed by atoms with Crippen LogP contribution >= 0.6 is 22.7 Å². The maximum Gasteiger partial charge on any atom is 0.236 e. The third kappa shape index (κ3) is 4.58. The minimum atomic E-state index is -0.0202. The maximum absolute atomic E-state index is 12.6. The van der Waals surface area contributed by atoms with Gasteiger partial charge in [0.15, 0.2) is 0 Å². The molecule has 3 heterocycles. The number of nitrogens with one attached hydrogen (secondary N) is 1. The molecule has 0 aliphatic rings. The van der Waals surface area contributed by atoms with E-state index in [2.05, 4.69) is 30.2 Å². The topological polar surface area (TPSA) is 55.1 Å². The van der Waals surface area contributed by atoms with Gasteiger partial charge in [-0.15, -0.1) is 22.7 Å². The molecule has 25 heavy (non-hydrogen) atoms. The predicted octanol–water partition coefficient (Wildman–Crippen LogP) is 5.22. The molecule has 3 aromatic heterocycles. The van der Waals surface area contributed by atoms with Crippen molar-refractivity contribution in [2.75, 3.05) is 0 Å². The Balaban J connectivity index is 1.69. The molecule has 0 aliphatic heterocycles. The summed E-state index contributed by atoms with van der Waals surface area (Å²) < 4.78 is 5.72. The van der Waals surface area contributed by atoms with Crippen LogP contribution < -0.4 is 5.32 Å². The number of hydrogen-bond acceptors (Lipinski definition) is 5. The van der Waals surface area contributed by atoms with Crippen LogP contribution in [-0.4, -0.2) is 10.9 Å². The van der Waals surface area contributed by atoms with Crippen LogP contribution in [0.15, 0.2) is 39.4 Å². The summed E-state index contributed by atoms with van der Waals surface area (Å²) >= 11 is 3.26. The lowest BCUT2D eigenvalue weighted by Crippen LogP contribution is -2.30. The second-order valence-electron chi connectivity index (χ2n) is 6.44. The van der Waals surface area contributed by atoms with Crippen molar-refractivity contribution in [3.63, 3.8) is 0 Å². The van der Waals surface area contributed by atoms with Gasteiger partial charge < -0.3 is 9.73 Å². The van der Waals surface area contributed by atoms with Gasteiger partial charge >= 0.3 is 0 Å². The highest BCUT2D eigenvalue weighted by Gasteiger charge is 2.20. The molecule has 1 amide bonds. The molecule has 4 nitrogen and oxygen atoms in total. The summed E-state index contributed by atoms with van der Waals surface area (Å²) in [5.41, 5.74) is 0.704. The third-order valence-electron chi connectivity index (χ3n) is 3.88. The molecule has 0 aromatic carbocycles. The lowest BCUT2D eigenvalue weighted by Gasteiger charge is -2.19. The minimum absolute atomic E-state index is 0.0202. The fourth-order valence-corrected chi connectivity index (χ4v) is 4.14. The van der Waals surface area contributed by atoms with Crippen LogP contribution in [0.2, 0.25) is 0 Å². The van der Waals surface area contributed by atoms with Gasteiger partial charge in [-0.25, -0.2) is 4.98 Å². The van der Waals surface area contributed by atoms with Gasteiger partial charge in [-0.3, -0.25) is 4.79 Å². The lowest BCUT2D eigenvalue weighted by atomic mass is 10.0. The van der Waals surface area contributed by atoms with Crippen LogP contribution in [0, 0.1) is 12.8 Å². The third-order valence-corrected chi connectivity index (χ3v) is 5.73. The van der Waals surface area contributed by atoms with Gasteiger partial charge in [0, 0.05) is 4.88 Å². The first-order valence-corrected chi connectivity index (χ1v) is 10.1. The number of carbonyl (C=O) groups is 1. The molecular formula is C19H22N2O2S2. The second kappa shape index (κ2) is 7.97. The van der Waals surface area contributed by atoms with Crippen LogP contribution in [0.3, 0.4) is 0 Å². The fraction of sp³-hybridized carbons (Fsp3) is 0.368. The summed E-state index contributed by atoms with van der Waals surface area (Å²) in [6.45, 7) is 6.20. The van der Waals surface area contributed by atoms with E-state index in [-0.39, 0.29) is 18.4 Å². The molecule has 0 radical (unpaired) electrons. The average Bonchev–Trinajstić information content (AvgIpc) is 3.28. The highest BCUT2D eigenvalue weighted by molar-refractivity contribution is 7.13. The number of aryl methyl sites for hydroxylation is 1. The van der Waals surface area contributed by atoms with Gasteiger partial charge in [0.2, 0.25) is 11.8 Å². The van der Waals surface area contributed by atoms with Gasteiger partial charge in [-0.2, -0.15) is 0 Å². The first-order chi connectivity index (χ1) is 12.0. The van der Waals surface area contributed by atoms with Crippen LogP contribution in [-0.2, 0) is 11.2 Å². The zero-order chi connectivity index (χ0) is 17.8. The van der Waals surface area contributed by atoms with Crippen molar-refractivity contribution in [3.8, 4) is 10.8 Å². The molecule has 3 aromatic rings. The van der Waals surface area contributed by atoms with E-state index in [9.17, 15) is 4.79 Å². The standard InChI is InChI=1S/C19H22N2O2S2/c1-12(2)10-15(16-6-4-8-24-16)20-18(22)11-14-13(3)23-19(21-14)17-7-5-9-25-17/h4-9,12,15H,10-11H2,1-3H3,(H,20,22). The van der Waals surface area contributed by atoms with E-state index >= 15 is 0 Å². The zero-order valence-electron chi connectivity index (χ0n) is 14.6. The molecule has 0 saturated carbocycles. The summed E-state index contributed by atoms with van der Waals surface area (Å²) in [4.78, 5) is 19.2. The number of rotatable bonds is 7. The monoisotopic (exact) mass is 374 g/mol. The van der Waals surface area contributed by atoms with Crippen molar-refractivity contribution in [1.82, 2.24) is 10.3 Å². The van der Waals surface area contributed by atoms with Gasteiger partial charge in [0.25, 0.3) is 0 Å². The van der Waals surface area contributed by atoms with Crippen molar-refractivity contribution < 1.29 is 9.21 Å². The minimum Gasteiger partial charge on any atom is -0.440 e. The Morgan fingerprint density at radius 2 is 2.00 bits per heavy atom. The molecule has 0 spiro atoms. The van der Waals surface area contributed by atoms with Crippen molar-refractivity contribution >= 4 is 28.6 Å². The number of carbonyl (C=O) groups excluding carboxylic acids is 1. The Bertz CT molecular complexity index is 805. The number of aromatic nitrogens is 1. The Hall–Kier alpha value is -1.92. The van der Waals surface area contributed by atoms with Crippen LogP contribution in [0.4, 0.5) is 0 Å². The molecule has 132 valence electrons. The van der Waals surface area contributed by atoms with E-state index < -0.39 is 0 Å². The predicted molar refractivity (Wildman–Crippen MR) is 103 cm³/mol. The van der Waals surface area contributed by atoms with Crippen molar-refractivity contribution in [2.45, 2.75) is 39.7 Å². The summed E-state index contributed by atoms with van der Waals surface area (Å²) in [5, 5.41) is 7.19. The number of amides is 1. The largest absolute Gasteiger partial charge is 0.440 e. The molecule has 3 rings (SSSR count). The molecule has 1 atom stereocenters. The number of nitrogens with zero attached hydrogens (tertiary/aromatic N) is 1. The summed E-state index contributed by atoms with van der Waals surface area (Å²) in [7, 11) is 0. The van der Waals surface area contributed by atoms with Gasteiger partial charge in [-0.05, 0) is 42.2 Å². The molecule has 6 heteroatoms. The summed E-state index contributed by atoms with van der Waals surface area (Å²) in [6, 6.07) is 8.08. The number of thiophene rings is 2. The number of oxazole rings is 1. The van der Waals surface area contributed by atoms with E-state index in [0.29, 0.717) is 23.3 Å². The Morgan fingerprint density at radius 3 is 2.64 bits per heavy atom. The van der Waals surface area contributed by atoms with E-state index in [1.807, 2.05) is 35.9 Å². The lowest BCUT2D eigenvalue weighted by molar-refractivity contribution is -0.121. The SMILES string of the molecule is Cc1oc(-c2cccs2)nc1CC(=O)NC(CC(C)C)c1cccs1. The van der Waals surface area contributed by atoms with E-state index in [4.69, 9.17) is 4.42 Å². The van der Waals surface area contributed by atoms with Gasteiger partial charge in [0.1, 0.15) is 5.76 Å². The Labute approximate surface area is 155 Å². The van der Waals surface area contributed by atoms with Crippen LogP contribution in [0.5, 0.6) is 0 Å². The molecule has 1 unspecified atom stereocenters. The van der Waals surface area contributed by atoms with Crippen LogP contribution in [0.1, 0.15) is 42.6 Å². The molecule has 0 saturated heterocycles. The first kappa shape index (κ1) is 17.9.